The molecule has 2 rings (SSSR count). The van der Waals surface area contributed by atoms with E-state index >= 15 is 0 Å². The van der Waals surface area contributed by atoms with E-state index in [-0.39, 0.29) is 0 Å². The maximum atomic E-state index is 5.03. The number of nitrogens with zero attached hydrogens (tertiary/aromatic N) is 1. The van der Waals surface area contributed by atoms with Gasteiger partial charge in [-0.1, -0.05) is 13.8 Å². The molecule has 0 amide bonds. The van der Waals surface area contributed by atoms with Gasteiger partial charge in [0.05, 0.1) is 12.5 Å². The molecule has 1 saturated heterocycles. The second-order valence-electron chi connectivity index (χ2n) is 5.40. The second-order valence-corrected chi connectivity index (χ2v) is 5.40. The van der Waals surface area contributed by atoms with E-state index in [2.05, 4.69) is 24.1 Å². The van der Waals surface area contributed by atoms with Gasteiger partial charge in [0.25, 0.3) is 0 Å². The number of likely N-dealkylation sites (tertiary alicyclic amines) is 1. The Morgan fingerprint density at radius 2 is 2.41 bits per heavy atom. The molecule has 0 aliphatic carbocycles. The van der Waals surface area contributed by atoms with Crippen LogP contribution in [0.1, 0.15) is 25.8 Å². The van der Waals surface area contributed by atoms with Crippen molar-refractivity contribution >= 4 is 0 Å². The molecule has 1 aromatic rings. The van der Waals surface area contributed by atoms with Crippen molar-refractivity contribution < 1.29 is 4.42 Å². The van der Waals surface area contributed by atoms with Crippen molar-refractivity contribution in [3.05, 3.63) is 24.2 Å². The maximum absolute atomic E-state index is 5.03. The van der Waals surface area contributed by atoms with Gasteiger partial charge in [0, 0.05) is 31.7 Å². The molecular formula is C14H24N2O. The van der Waals surface area contributed by atoms with Crippen LogP contribution in [0.4, 0.5) is 0 Å². The van der Waals surface area contributed by atoms with E-state index in [0.29, 0.717) is 0 Å². The summed E-state index contributed by atoms with van der Waals surface area (Å²) in [5.74, 6) is 1.74. The summed E-state index contributed by atoms with van der Waals surface area (Å²) < 4.78 is 5.03. The molecule has 96 valence electrons. The first-order valence-corrected chi connectivity index (χ1v) is 6.70. The molecule has 1 N–H and O–H groups in total. The number of hydrogen-bond acceptors (Lipinski definition) is 3. The van der Waals surface area contributed by atoms with Crippen LogP contribution in [-0.4, -0.2) is 31.1 Å². The number of hydrogen-bond donors (Lipinski definition) is 1. The highest BCUT2D eigenvalue weighted by atomic mass is 16.3. The Kier molecular flexibility index (Phi) is 4.63. The van der Waals surface area contributed by atoms with Crippen LogP contribution in [0.3, 0.4) is 0 Å². The Balaban J connectivity index is 1.57. The minimum absolute atomic E-state index is 0.832. The Morgan fingerprint density at radius 3 is 3.06 bits per heavy atom. The highest BCUT2D eigenvalue weighted by Crippen LogP contribution is 2.22. The lowest BCUT2D eigenvalue weighted by atomic mass is 9.95. The number of furan rings is 1. The molecule has 1 aliphatic rings. The van der Waals surface area contributed by atoms with E-state index in [1.165, 1.54) is 31.6 Å². The predicted octanol–water partition coefficient (Wildman–Crippen LogP) is 2.35. The molecule has 1 atom stereocenters. The highest BCUT2D eigenvalue weighted by Gasteiger charge is 2.23. The summed E-state index contributed by atoms with van der Waals surface area (Å²) in [5, 5.41) is 3.46. The zero-order valence-corrected chi connectivity index (χ0v) is 11.0. The van der Waals surface area contributed by atoms with Crippen molar-refractivity contribution in [2.45, 2.75) is 26.8 Å². The van der Waals surface area contributed by atoms with E-state index in [1.807, 2.05) is 6.07 Å². The van der Waals surface area contributed by atoms with Crippen molar-refractivity contribution in [3.63, 3.8) is 0 Å². The average Bonchev–Trinajstić information content (AvgIpc) is 2.96. The molecule has 1 aliphatic heterocycles. The first kappa shape index (κ1) is 12.7. The van der Waals surface area contributed by atoms with Gasteiger partial charge in [-0.2, -0.15) is 0 Å². The fraction of sp³-hybridized carbons (Fsp3) is 0.714. The van der Waals surface area contributed by atoms with Gasteiger partial charge in [-0.3, -0.25) is 0 Å². The van der Waals surface area contributed by atoms with Crippen molar-refractivity contribution in [2.24, 2.45) is 11.8 Å². The quantitative estimate of drug-likeness (QED) is 0.769. The first-order valence-electron chi connectivity index (χ1n) is 6.70. The van der Waals surface area contributed by atoms with Crippen molar-refractivity contribution in [2.75, 3.05) is 26.2 Å². The van der Waals surface area contributed by atoms with Crippen LogP contribution in [0.15, 0.2) is 23.0 Å². The van der Waals surface area contributed by atoms with E-state index in [4.69, 9.17) is 4.42 Å². The van der Waals surface area contributed by atoms with Gasteiger partial charge in [0.1, 0.15) is 0 Å². The minimum Gasteiger partial charge on any atom is -0.472 e. The summed E-state index contributed by atoms with van der Waals surface area (Å²) in [7, 11) is 0. The highest BCUT2D eigenvalue weighted by molar-refractivity contribution is 5.04. The summed E-state index contributed by atoms with van der Waals surface area (Å²) in [5.41, 5.74) is 1.23. The van der Waals surface area contributed by atoms with Gasteiger partial charge in [0.2, 0.25) is 0 Å². The van der Waals surface area contributed by atoms with Gasteiger partial charge in [-0.25, -0.2) is 0 Å². The standard InChI is InChI=1S/C14H24N2O/c1-12(2)14-3-6-16(10-14)7-5-15-9-13-4-8-17-11-13/h4,8,11-12,14-15H,3,5-7,9-10H2,1-2H3. The van der Waals surface area contributed by atoms with Crippen molar-refractivity contribution in [3.8, 4) is 0 Å². The molecule has 1 unspecified atom stereocenters. The van der Waals surface area contributed by atoms with Crippen molar-refractivity contribution in [1.29, 1.82) is 0 Å². The molecular weight excluding hydrogens is 212 g/mol. The van der Waals surface area contributed by atoms with E-state index in [9.17, 15) is 0 Å². The molecule has 0 saturated carbocycles. The molecule has 0 aromatic carbocycles. The lowest BCUT2D eigenvalue weighted by molar-refractivity contribution is 0.302. The summed E-state index contributed by atoms with van der Waals surface area (Å²) in [6, 6.07) is 2.01. The largest absolute Gasteiger partial charge is 0.472 e. The van der Waals surface area contributed by atoms with E-state index in [1.54, 1.807) is 12.5 Å². The average molecular weight is 236 g/mol. The van der Waals surface area contributed by atoms with Gasteiger partial charge in [-0.15, -0.1) is 0 Å². The molecule has 17 heavy (non-hydrogen) atoms. The zero-order valence-electron chi connectivity index (χ0n) is 11.0. The molecule has 3 nitrogen and oxygen atoms in total. The van der Waals surface area contributed by atoms with Crippen LogP contribution in [0.5, 0.6) is 0 Å². The van der Waals surface area contributed by atoms with Gasteiger partial charge in [-0.05, 0) is 30.9 Å². The first-order chi connectivity index (χ1) is 8.25. The Hall–Kier alpha value is -0.800. The predicted molar refractivity (Wildman–Crippen MR) is 69.8 cm³/mol. The molecule has 2 heterocycles. The van der Waals surface area contributed by atoms with Crippen molar-refractivity contribution in [1.82, 2.24) is 10.2 Å². The third-order valence-electron chi connectivity index (χ3n) is 3.77. The monoisotopic (exact) mass is 236 g/mol. The van der Waals surface area contributed by atoms with Crippen LogP contribution < -0.4 is 5.32 Å². The van der Waals surface area contributed by atoms with Gasteiger partial charge >= 0.3 is 0 Å². The summed E-state index contributed by atoms with van der Waals surface area (Å²) >= 11 is 0. The summed E-state index contributed by atoms with van der Waals surface area (Å²) in [6.07, 6.45) is 4.90. The number of rotatable bonds is 6. The molecule has 1 fully saturated rings. The molecule has 1 aromatic heterocycles. The normalized spacial score (nSPS) is 21.5. The Labute approximate surface area is 104 Å². The molecule has 3 heteroatoms. The summed E-state index contributed by atoms with van der Waals surface area (Å²) in [4.78, 5) is 2.58. The van der Waals surface area contributed by atoms with Gasteiger partial charge in [0.15, 0.2) is 0 Å². The number of nitrogens with one attached hydrogen (secondary N) is 1. The van der Waals surface area contributed by atoms with E-state index in [0.717, 1.165) is 24.9 Å². The van der Waals surface area contributed by atoms with Crippen LogP contribution >= 0.6 is 0 Å². The Morgan fingerprint density at radius 1 is 1.53 bits per heavy atom. The summed E-state index contributed by atoms with van der Waals surface area (Å²) in [6.45, 7) is 10.4. The Bertz CT molecular complexity index is 308. The maximum Gasteiger partial charge on any atom is 0.0947 e. The third-order valence-corrected chi connectivity index (χ3v) is 3.77. The zero-order chi connectivity index (χ0) is 12.1. The third kappa shape index (κ3) is 3.86. The van der Waals surface area contributed by atoms with Crippen LogP contribution in [0.25, 0.3) is 0 Å². The lowest BCUT2D eigenvalue weighted by Gasteiger charge is -2.17. The fourth-order valence-corrected chi connectivity index (χ4v) is 2.47. The second kappa shape index (κ2) is 6.22. The smallest absolute Gasteiger partial charge is 0.0947 e. The van der Waals surface area contributed by atoms with Crippen LogP contribution in [0.2, 0.25) is 0 Å². The fourth-order valence-electron chi connectivity index (χ4n) is 2.47. The molecule has 0 radical (unpaired) electrons. The van der Waals surface area contributed by atoms with Crippen LogP contribution in [-0.2, 0) is 6.54 Å². The minimum atomic E-state index is 0.832. The molecule has 0 bridgehead atoms. The van der Waals surface area contributed by atoms with Gasteiger partial charge < -0.3 is 14.6 Å². The topological polar surface area (TPSA) is 28.4 Å². The van der Waals surface area contributed by atoms with Crippen LogP contribution in [0, 0.1) is 11.8 Å². The lowest BCUT2D eigenvalue weighted by Crippen LogP contribution is -2.30. The molecule has 0 spiro atoms. The van der Waals surface area contributed by atoms with E-state index < -0.39 is 0 Å². The SMILES string of the molecule is CC(C)C1CCN(CCNCc2ccoc2)C1.